The molecule has 0 amide bonds. The van der Waals surface area contributed by atoms with E-state index >= 15 is 0 Å². The fraction of sp³-hybridized carbons (Fsp3) is 0.545. The zero-order chi connectivity index (χ0) is 9.80. The molecule has 0 aromatic carbocycles. The van der Waals surface area contributed by atoms with Gasteiger partial charge < -0.3 is 9.42 Å². The lowest BCUT2D eigenvalue weighted by atomic mass is 10.1. The van der Waals surface area contributed by atoms with Crippen LogP contribution in [0.1, 0.15) is 25.0 Å². The molecule has 3 nitrogen and oxygen atoms in total. The molecule has 14 heavy (non-hydrogen) atoms. The monoisotopic (exact) mass is 192 g/mol. The van der Waals surface area contributed by atoms with E-state index in [9.17, 15) is 0 Å². The Kier molecular flexibility index (Phi) is 2.99. The highest BCUT2D eigenvalue weighted by atomic mass is 16.5. The van der Waals surface area contributed by atoms with Crippen LogP contribution >= 0.6 is 0 Å². The maximum absolute atomic E-state index is 4.97. The first kappa shape index (κ1) is 9.46. The Balaban J connectivity index is 1.82. The number of hydrogen-bond donors (Lipinski definition) is 0. The van der Waals surface area contributed by atoms with Crippen molar-refractivity contribution in [2.75, 3.05) is 13.6 Å². The lowest BCUT2D eigenvalue weighted by Crippen LogP contribution is -2.23. The van der Waals surface area contributed by atoms with Gasteiger partial charge in [0.2, 0.25) is 0 Å². The van der Waals surface area contributed by atoms with E-state index in [1.54, 1.807) is 6.20 Å². The highest BCUT2D eigenvalue weighted by molar-refractivity contribution is 5.41. The van der Waals surface area contributed by atoms with Crippen LogP contribution < -0.4 is 0 Å². The average Bonchev–Trinajstić information content (AvgIpc) is 2.78. The average molecular weight is 192 g/mol. The van der Waals surface area contributed by atoms with Crippen LogP contribution in [0.3, 0.4) is 0 Å². The molecular formula is C11H16N2O. The summed E-state index contributed by atoms with van der Waals surface area (Å²) < 4.78 is 4.97. The van der Waals surface area contributed by atoms with Gasteiger partial charge in [0, 0.05) is 12.1 Å². The van der Waals surface area contributed by atoms with E-state index < -0.39 is 0 Å². The van der Waals surface area contributed by atoms with E-state index in [1.807, 2.05) is 12.1 Å². The van der Waals surface area contributed by atoms with Crippen LogP contribution in [-0.4, -0.2) is 29.7 Å². The molecule has 1 aliphatic rings. The highest BCUT2D eigenvalue weighted by Gasteiger charge is 2.18. The SMILES string of the molecule is CN1CCC[C@H]1C/C=C/c1ccno1. The maximum Gasteiger partial charge on any atom is 0.159 e. The first-order valence-corrected chi connectivity index (χ1v) is 5.14. The zero-order valence-electron chi connectivity index (χ0n) is 8.52. The van der Waals surface area contributed by atoms with E-state index in [0.29, 0.717) is 6.04 Å². The van der Waals surface area contributed by atoms with E-state index in [0.717, 1.165) is 12.2 Å². The first-order chi connectivity index (χ1) is 6.86. The van der Waals surface area contributed by atoms with Crippen molar-refractivity contribution in [1.29, 1.82) is 0 Å². The van der Waals surface area contributed by atoms with Gasteiger partial charge in [-0.1, -0.05) is 11.2 Å². The Labute approximate surface area is 84.4 Å². The van der Waals surface area contributed by atoms with Crippen molar-refractivity contribution in [3.8, 4) is 0 Å². The lowest BCUT2D eigenvalue weighted by molar-refractivity contribution is 0.313. The summed E-state index contributed by atoms with van der Waals surface area (Å²) in [6.45, 7) is 1.24. The van der Waals surface area contributed by atoms with Gasteiger partial charge in [0.15, 0.2) is 5.76 Å². The minimum absolute atomic E-state index is 0.717. The van der Waals surface area contributed by atoms with Gasteiger partial charge in [-0.3, -0.25) is 0 Å². The Morgan fingerprint density at radius 3 is 3.29 bits per heavy atom. The molecule has 1 fully saturated rings. The van der Waals surface area contributed by atoms with Crippen LogP contribution in [-0.2, 0) is 0 Å². The standard InChI is InChI=1S/C11H16N2O/c1-13-9-3-5-10(13)4-2-6-11-7-8-12-14-11/h2,6-8,10H,3-5,9H2,1H3/b6-2+/t10-/m1/s1. The molecule has 2 rings (SSSR count). The molecule has 0 unspecified atom stereocenters. The van der Waals surface area contributed by atoms with Crippen LogP contribution in [0.25, 0.3) is 6.08 Å². The second kappa shape index (κ2) is 4.42. The maximum atomic E-state index is 4.97. The molecule has 76 valence electrons. The summed E-state index contributed by atoms with van der Waals surface area (Å²) in [5.74, 6) is 0.839. The van der Waals surface area contributed by atoms with Gasteiger partial charge in [-0.15, -0.1) is 0 Å². The summed E-state index contributed by atoms with van der Waals surface area (Å²) in [5, 5.41) is 3.65. The molecule has 0 bridgehead atoms. The second-order valence-corrected chi connectivity index (χ2v) is 3.83. The van der Waals surface area contributed by atoms with E-state index in [4.69, 9.17) is 4.52 Å². The summed E-state index contributed by atoms with van der Waals surface area (Å²) in [6, 6.07) is 2.59. The van der Waals surface area contributed by atoms with Crippen molar-refractivity contribution < 1.29 is 4.52 Å². The van der Waals surface area contributed by atoms with Crippen LogP contribution in [0, 0.1) is 0 Å². The van der Waals surface area contributed by atoms with E-state index in [2.05, 4.69) is 23.2 Å². The minimum atomic E-state index is 0.717. The van der Waals surface area contributed by atoms with Crippen LogP contribution in [0.2, 0.25) is 0 Å². The summed E-state index contributed by atoms with van der Waals surface area (Å²) in [7, 11) is 2.19. The molecule has 3 heteroatoms. The third-order valence-corrected chi connectivity index (χ3v) is 2.82. The van der Waals surface area contributed by atoms with Crippen LogP contribution in [0.4, 0.5) is 0 Å². The van der Waals surface area contributed by atoms with Gasteiger partial charge in [0.1, 0.15) is 0 Å². The summed E-state index contributed by atoms with van der Waals surface area (Å²) in [5.41, 5.74) is 0. The Bertz CT molecular complexity index is 292. The molecular weight excluding hydrogens is 176 g/mol. The number of rotatable bonds is 3. The molecule has 0 spiro atoms. The first-order valence-electron chi connectivity index (χ1n) is 5.14. The van der Waals surface area contributed by atoms with Gasteiger partial charge >= 0.3 is 0 Å². The minimum Gasteiger partial charge on any atom is -0.357 e. The van der Waals surface area contributed by atoms with Crippen molar-refractivity contribution in [2.24, 2.45) is 0 Å². The molecule has 1 aromatic heterocycles. The van der Waals surface area contributed by atoms with Gasteiger partial charge in [0.25, 0.3) is 0 Å². The molecule has 0 aliphatic carbocycles. The lowest BCUT2D eigenvalue weighted by Gasteiger charge is -2.16. The fourth-order valence-corrected chi connectivity index (χ4v) is 1.93. The third kappa shape index (κ3) is 2.23. The topological polar surface area (TPSA) is 29.3 Å². The molecule has 1 atom stereocenters. The number of nitrogens with zero attached hydrogens (tertiary/aromatic N) is 2. The summed E-state index contributed by atoms with van der Waals surface area (Å²) >= 11 is 0. The molecule has 0 radical (unpaired) electrons. The smallest absolute Gasteiger partial charge is 0.159 e. The quantitative estimate of drug-likeness (QED) is 0.735. The predicted octanol–water partition coefficient (Wildman–Crippen LogP) is 2.17. The van der Waals surface area contributed by atoms with Gasteiger partial charge in [0.05, 0.1) is 6.20 Å². The third-order valence-electron chi connectivity index (χ3n) is 2.82. The van der Waals surface area contributed by atoms with Gasteiger partial charge in [-0.25, -0.2) is 0 Å². The molecule has 0 saturated carbocycles. The van der Waals surface area contributed by atoms with Crippen molar-refractivity contribution in [1.82, 2.24) is 10.1 Å². The van der Waals surface area contributed by atoms with Gasteiger partial charge in [-0.2, -0.15) is 0 Å². The molecule has 1 saturated heterocycles. The Hall–Kier alpha value is -1.09. The normalized spacial score (nSPS) is 23.6. The van der Waals surface area contributed by atoms with Gasteiger partial charge in [-0.05, 0) is 38.9 Å². The summed E-state index contributed by atoms with van der Waals surface area (Å²) in [6.07, 6.45) is 9.60. The van der Waals surface area contributed by atoms with Crippen molar-refractivity contribution >= 4 is 6.08 Å². The zero-order valence-corrected chi connectivity index (χ0v) is 8.52. The van der Waals surface area contributed by atoms with Crippen molar-refractivity contribution in [3.05, 3.63) is 24.1 Å². The fourth-order valence-electron chi connectivity index (χ4n) is 1.93. The molecule has 0 N–H and O–H groups in total. The number of hydrogen-bond acceptors (Lipinski definition) is 3. The molecule has 1 aliphatic heterocycles. The van der Waals surface area contributed by atoms with Crippen molar-refractivity contribution in [2.45, 2.75) is 25.3 Å². The second-order valence-electron chi connectivity index (χ2n) is 3.83. The predicted molar refractivity (Wildman–Crippen MR) is 55.8 cm³/mol. The molecule has 2 heterocycles. The van der Waals surface area contributed by atoms with Crippen molar-refractivity contribution in [3.63, 3.8) is 0 Å². The largest absolute Gasteiger partial charge is 0.357 e. The molecule has 1 aromatic rings. The van der Waals surface area contributed by atoms with E-state index in [1.165, 1.54) is 19.4 Å². The number of likely N-dealkylation sites (tertiary alicyclic amines) is 1. The van der Waals surface area contributed by atoms with Crippen LogP contribution in [0.15, 0.2) is 22.9 Å². The van der Waals surface area contributed by atoms with E-state index in [-0.39, 0.29) is 0 Å². The number of aromatic nitrogens is 1. The Morgan fingerprint density at radius 2 is 2.64 bits per heavy atom. The summed E-state index contributed by atoms with van der Waals surface area (Å²) in [4.78, 5) is 2.42. The highest BCUT2D eigenvalue weighted by Crippen LogP contribution is 2.18. The van der Waals surface area contributed by atoms with Crippen LogP contribution in [0.5, 0.6) is 0 Å². The Morgan fingerprint density at radius 1 is 1.71 bits per heavy atom.